The highest BCUT2D eigenvalue weighted by atomic mass is 16.5. The van der Waals surface area contributed by atoms with Gasteiger partial charge in [-0.2, -0.15) is 0 Å². The fourth-order valence-electron chi connectivity index (χ4n) is 2.17. The number of carbonyl (C=O) groups excluding carboxylic acids is 1. The molecule has 1 saturated heterocycles. The Balaban J connectivity index is 1.79. The summed E-state index contributed by atoms with van der Waals surface area (Å²) in [5, 5.41) is 3.26. The van der Waals surface area contributed by atoms with Crippen molar-refractivity contribution in [1.29, 1.82) is 0 Å². The quantitative estimate of drug-likeness (QED) is 0.861. The molecule has 2 rings (SSSR count). The van der Waals surface area contributed by atoms with Crippen LogP contribution >= 0.6 is 0 Å². The molecule has 1 aliphatic rings. The Morgan fingerprint density at radius 3 is 2.85 bits per heavy atom. The van der Waals surface area contributed by atoms with Gasteiger partial charge in [-0.1, -0.05) is 12.1 Å². The predicted octanol–water partition coefficient (Wildman–Crippen LogP) is 1.75. The van der Waals surface area contributed by atoms with E-state index in [4.69, 9.17) is 9.47 Å². The molecule has 5 heteroatoms. The Hall–Kier alpha value is -1.75. The van der Waals surface area contributed by atoms with Crippen LogP contribution in [0.2, 0.25) is 0 Å². The second-order valence-corrected chi connectivity index (χ2v) is 4.60. The minimum Gasteiger partial charge on any atom is -0.492 e. The highest BCUT2D eigenvalue weighted by Gasteiger charge is 2.16. The van der Waals surface area contributed by atoms with Crippen LogP contribution in [0.25, 0.3) is 0 Å². The third-order valence-electron chi connectivity index (χ3n) is 3.21. The highest BCUT2D eigenvalue weighted by molar-refractivity contribution is 5.77. The van der Waals surface area contributed by atoms with Crippen molar-refractivity contribution in [3.05, 3.63) is 24.3 Å². The Morgan fingerprint density at radius 2 is 2.10 bits per heavy atom. The average Bonchev–Trinajstić information content (AvgIpc) is 2.50. The molecule has 0 saturated carbocycles. The largest absolute Gasteiger partial charge is 0.492 e. The zero-order valence-corrected chi connectivity index (χ0v) is 11.9. The van der Waals surface area contributed by atoms with Crippen molar-refractivity contribution in [1.82, 2.24) is 4.90 Å². The van der Waals surface area contributed by atoms with Crippen LogP contribution in [-0.4, -0.2) is 50.3 Å². The van der Waals surface area contributed by atoms with E-state index < -0.39 is 0 Å². The lowest BCUT2D eigenvalue weighted by molar-refractivity contribution is -0.134. The summed E-state index contributed by atoms with van der Waals surface area (Å²) < 4.78 is 10.8. The maximum atomic E-state index is 12.0. The van der Waals surface area contributed by atoms with E-state index in [1.807, 2.05) is 36.1 Å². The molecule has 1 aromatic carbocycles. The molecule has 1 aromatic rings. The molecular weight excluding hydrogens is 256 g/mol. The van der Waals surface area contributed by atoms with Crippen molar-refractivity contribution in [3.8, 4) is 5.75 Å². The number of hydrogen-bond acceptors (Lipinski definition) is 4. The summed E-state index contributed by atoms with van der Waals surface area (Å²) in [6.07, 6.45) is 0.487. The molecule has 5 nitrogen and oxygen atoms in total. The van der Waals surface area contributed by atoms with E-state index in [-0.39, 0.29) is 5.91 Å². The maximum Gasteiger partial charge on any atom is 0.224 e. The summed E-state index contributed by atoms with van der Waals surface area (Å²) in [4.78, 5) is 13.9. The SMILES string of the molecule is CCOc1ccccc1NCCC(=O)N1CCOCC1. The summed E-state index contributed by atoms with van der Waals surface area (Å²) in [7, 11) is 0. The van der Waals surface area contributed by atoms with Crippen LogP contribution in [0.15, 0.2) is 24.3 Å². The van der Waals surface area contributed by atoms with Gasteiger partial charge in [0.1, 0.15) is 5.75 Å². The Bertz CT molecular complexity index is 431. The zero-order chi connectivity index (χ0) is 14.2. The van der Waals surface area contributed by atoms with Crippen LogP contribution in [0.1, 0.15) is 13.3 Å². The monoisotopic (exact) mass is 278 g/mol. The van der Waals surface area contributed by atoms with E-state index in [1.165, 1.54) is 0 Å². The Kier molecular flexibility index (Phi) is 5.68. The molecule has 0 bridgehead atoms. The summed E-state index contributed by atoms with van der Waals surface area (Å²) in [6.45, 7) is 5.89. The van der Waals surface area contributed by atoms with Gasteiger partial charge in [0.05, 0.1) is 25.5 Å². The van der Waals surface area contributed by atoms with Crippen LogP contribution in [0.5, 0.6) is 5.75 Å². The summed E-state index contributed by atoms with van der Waals surface area (Å²) in [5.41, 5.74) is 0.934. The molecule has 0 spiro atoms. The number of hydrogen-bond donors (Lipinski definition) is 1. The van der Waals surface area contributed by atoms with Crippen LogP contribution in [0, 0.1) is 0 Å². The first-order chi connectivity index (χ1) is 9.81. The summed E-state index contributed by atoms with van der Waals surface area (Å²) in [5.74, 6) is 1.00. The van der Waals surface area contributed by atoms with Crippen LogP contribution in [0.4, 0.5) is 5.69 Å². The third kappa shape index (κ3) is 4.13. The van der Waals surface area contributed by atoms with Crippen molar-refractivity contribution >= 4 is 11.6 Å². The number of nitrogens with zero attached hydrogens (tertiary/aromatic N) is 1. The number of benzene rings is 1. The van der Waals surface area contributed by atoms with E-state index >= 15 is 0 Å². The first-order valence-electron chi connectivity index (χ1n) is 7.12. The molecular formula is C15H22N2O3. The molecule has 0 unspecified atom stereocenters. The van der Waals surface area contributed by atoms with Gasteiger partial charge in [0, 0.05) is 26.1 Å². The van der Waals surface area contributed by atoms with Gasteiger partial charge in [0.15, 0.2) is 0 Å². The Morgan fingerprint density at radius 1 is 1.35 bits per heavy atom. The number of amides is 1. The minimum atomic E-state index is 0.176. The third-order valence-corrected chi connectivity index (χ3v) is 3.21. The molecule has 1 heterocycles. The van der Waals surface area contributed by atoms with Crippen LogP contribution < -0.4 is 10.1 Å². The number of anilines is 1. The molecule has 0 radical (unpaired) electrons. The van der Waals surface area contributed by atoms with Crippen LogP contribution in [0.3, 0.4) is 0 Å². The molecule has 0 aromatic heterocycles. The Labute approximate surface area is 119 Å². The van der Waals surface area contributed by atoms with Gasteiger partial charge >= 0.3 is 0 Å². The van der Waals surface area contributed by atoms with Gasteiger partial charge in [-0.3, -0.25) is 4.79 Å². The fourth-order valence-corrected chi connectivity index (χ4v) is 2.17. The average molecular weight is 278 g/mol. The molecule has 0 aliphatic carbocycles. The van der Waals surface area contributed by atoms with E-state index in [1.54, 1.807) is 0 Å². The molecule has 1 aliphatic heterocycles. The second kappa shape index (κ2) is 7.75. The van der Waals surface area contributed by atoms with Gasteiger partial charge in [-0.05, 0) is 19.1 Å². The first-order valence-corrected chi connectivity index (χ1v) is 7.12. The van der Waals surface area contributed by atoms with Crippen LogP contribution in [-0.2, 0) is 9.53 Å². The zero-order valence-electron chi connectivity index (χ0n) is 11.9. The van der Waals surface area contributed by atoms with Crippen molar-refractivity contribution in [2.24, 2.45) is 0 Å². The fraction of sp³-hybridized carbons (Fsp3) is 0.533. The molecule has 1 N–H and O–H groups in total. The van der Waals surface area contributed by atoms with Gasteiger partial charge in [0.25, 0.3) is 0 Å². The predicted molar refractivity (Wildman–Crippen MR) is 78.1 cm³/mol. The molecule has 20 heavy (non-hydrogen) atoms. The summed E-state index contributed by atoms with van der Waals surface area (Å²) in [6, 6.07) is 7.78. The molecule has 1 fully saturated rings. The lowest BCUT2D eigenvalue weighted by Gasteiger charge is -2.27. The van der Waals surface area contributed by atoms with E-state index in [9.17, 15) is 4.79 Å². The van der Waals surface area contributed by atoms with Crippen molar-refractivity contribution in [2.75, 3.05) is 44.8 Å². The number of ether oxygens (including phenoxy) is 2. The van der Waals surface area contributed by atoms with Gasteiger partial charge in [-0.25, -0.2) is 0 Å². The van der Waals surface area contributed by atoms with Crippen molar-refractivity contribution in [3.63, 3.8) is 0 Å². The lowest BCUT2D eigenvalue weighted by Crippen LogP contribution is -2.41. The molecule has 110 valence electrons. The second-order valence-electron chi connectivity index (χ2n) is 4.60. The van der Waals surface area contributed by atoms with E-state index in [0.717, 1.165) is 11.4 Å². The standard InChI is InChI=1S/C15H22N2O3/c1-2-20-14-6-4-3-5-13(14)16-8-7-15(18)17-9-11-19-12-10-17/h3-6,16H,2,7-12H2,1H3. The lowest BCUT2D eigenvalue weighted by atomic mass is 10.2. The topological polar surface area (TPSA) is 50.8 Å². The maximum absolute atomic E-state index is 12.0. The number of para-hydroxylation sites is 2. The first kappa shape index (κ1) is 14.7. The van der Waals surface area contributed by atoms with Gasteiger partial charge in [-0.15, -0.1) is 0 Å². The normalized spacial score (nSPS) is 14.9. The van der Waals surface area contributed by atoms with Crippen molar-refractivity contribution in [2.45, 2.75) is 13.3 Å². The number of nitrogens with one attached hydrogen (secondary N) is 1. The van der Waals surface area contributed by atoms with E-state index in [0.29, 0.717) is 45.9 Å². The van der Waals surface area contributed by atoms with Gasteiger partial charge < -0.3 is 19.7 Å². The van der Waals surface area contributed by atoms with Crippen molar-refractivity contribution < 1.29 is 14.3 Å². The minimum absolute atomic E-state index is 0.176. The number of carbonyl (C=O) groups is 1. The smallest absolute Gasteiger partial charge is 0.224 e. The molecule has 1 amide bonds. The number of morpholine rings is 1. The summed E-state index contributed by atoms with van der Waals surface area (Å²) >= 11 is 0. The van der Waals surface area contributed by atoms with Gasteiger partial charge in [0.2, 0.25) is 5.91 Å². The number of rotatable bonds is 6. The highest BCUT2D eigenvalue weighted by Crippen LogP contribution is 2.23. The molecule has 0 atom stereocenters. The van der Waals surface area contributed by atoms with E-state index in [2.05, 4.69) is 5.32 Å².